The highest BCUT2D eigenvalue weighted by atomic mass is 32.2. The minimum atomic E-state index is -4.99. The number of hydrogen-bond acceptors (Lipinski definition) is 9. The van der Waals surface area contributed by atoms with Crippen molar-refractivity contribution in [2.75, 3.05) is 18.5 Å². The van der Waals surface area contributed by atoms with E-state index < -0.39 is 51.0 Å². The highest BCUT2D eigenvalue weighted by molar-refractivity contribution is 7.87. The molecule has 0 aliphatic carbocycles. The Bertz CT molecular complexity index is 1930. The Kier molecular flexibility index (Phi) is 7.35. The lowest BCUT2D eigenvalue weighted by Crippen LogP contribution is -2.10. The van der Waals surface area contributed by atoms with Crippen molar-refractivity contribution in [2.45, 2.75) is 34.5 Å². The number of unbranched alkanes of at least 4 members (excludes halogenated alkanes) is 1. The van der Waals surface area contributed by atoms with Crippen LogP contribution in [0.2, 0.25) is 0 Å². The van der Waals surface area contributed by atoms with Crippen LogP contribution in [-0.2, 0) is 39.9 Å². The van der Waals surface area contributed by atoms with Crippen molar-refractivity contribution in [1.29, 1.82) is 0 Å². The van der Waals surface area contributed by atoms with E-state index >= 15 is 0 Å². The first-order chi connectivity index (χ1) is 18.0. The predicted molar refractivity (Wildman–Crippen MR) is 143 cm³/mol. The van der Waals surface area contributed by atoms with Gasteiger partial charge in [-0.25, -0.2) is 4.79 Å². The third-order valence-electron chi connectivity index (χ3n) is 6.09. The average Bonchev–Trinajstić information content (AvgIpc) is 2.82. The molecule has 0 fully saturated rings. The molecule has 0 saturated carbocycles. The van der Waals surface area contributed by atoms with Crippen molar-refractivity contribution in [2.24, 2.45) is 0 Å². The summed E-state index contributed by atoms with van der Waals surface area (Å²) in [5.41, 5.74) is 0.475. The number of rotatable bonds is 10. The molecule has 208 valence electrons. The summed E-state index contributed by atoms with van der Waals surface area (Å²) in [4.78, 5) is 9.33. The van der Waals surface area contributed by atoms with Crippen LogP contribution in [-0.4, -0.2) is 58.0 Å². The van der Waals surface area contributed by atoms with Crippen molar-refractivity contribution < 1.29 is 48.4 Å². The molecule has 0 radical (unpaired) electrons. The first kappa shape index (κ1) is 28.7. The number of nitrogens with one attached hydrogen (secondary N) is 1. The van der Waals surface area contributed by atoms with Crippen LogP contribution in [0.4, 0.5) is 5.69 Å². The molecule has 0 heterocycles. The van der Waals surface area contributed by atoms with Gasteiger partial charge in [-0.2, -0.15) is 25.3 Å². The van der Waals surface area contributed by atoms with E-state index in [1.54, 1.807) is 0 Å². The minimum absolute atomic E-state index is 0.0448. The predicted octanol–water partition coefficient (Wildman–Crippen LogP) is 3.64. The summed E-state index contributed by atoms with van der Waals surface area (Å²) in [6.45, 7) is 5.40. The molecule has 0 aliphatic rings. The molecule has 39 heavy (non-hydrogen) atoms. The van der Waals surface area contributed by atoms with Gasteiger partial charge in [0.05, 0.1) is 6.61 Å². The number of ether oxygens (including phenoxy) is 1. The number of carbonyl (C=O) groups excluding carboxylic acids is 1. The van der Waals surface area contributed by atoms with Crippen LogP contribution in [0.3, 0.4) is 0 Å². The Hall–Kier alpha value is -3.34. The van der Waals surface area contributed by atoms with Crippen LogP contribution in [0.1, 0.15) is 19.8 Å². The number of benzene rings is 4. The lowest BCUT2D eigenvalue weighted by Gasteiger charge is -2.19. The molecule has 0 atom stereocenters. The summed E-state index contributed by atoms with van der Waals surface area (Å²) in [6.07, 6.45) is 0.935. The van der Waals surface area contributed by atoms with Crippen LogP contribution >= 0.6 is 0 Å². The van der Waals surface area contributed by atoms with E-state index in [0.717, 1.165) is 0 Å². The van der Waals surface area contributed by atoms with E-state index in [0.29, 0.717) is 24.3 Å². The molecule has 4 N–H and O–H groups in total. The fraction of sp³-hybridized carbons (Fsp3) is 0.208. The number of carbonyl (C=O) groups is 1. The van der Waals surface area contributed by atoms with Gasteiger partial charge in [0, 0.05) is 50.1 Å². The van der Waals surface area contributed by atoms with Gasteiger partial charge in [-0.1, -0.05) is 30.8 Å². The van der Waals surface area contributed by atoms with Gasteiger partial charge < -0.3 is 10.1 Å². The van der Waals surface area contributed by atoms with Gasteiger partial charge in [0.1, 0.15) is 14.7 Å². The standard InChI is InChI=1S/C24H23NO11S3/c1-13(2)24(26)36-10-4-3-9-25-18-11-19(37(27,28)29)15-7-8-17-21(39(33,34)35)12-20(38(30,31)32)16-6-5-14(18)22(15)23(16)17/h5-8,11-12,25H,1,3-4,9-10H2,2H3,(H,27,28,29)(H,30,31,32)(H,33,34,35). The molecule has 0 unspecified atom stereocenters. The van der Waals surface area contributed by atoms with E-state index in [1.165, 1.54) is 37.3 Å². The maximum atomic E-state index is 12.3. The maximum Gasteiger partial charge on any atom is 0.333 e. The van der Waals surface area contributed by atoms with E-state index in [-0.39, 0.29) is 51.3 Å². The summed E-state index contributed by atoms with van der Waals surface area (Å²) in [5, 5.41) is 3.10. The third kappa shape index (κ3) is 5.54. The van der Waals surface area contributed by atoms with Crippen LogP contribution < -0.4 is 5.32 Å². The molecule has 4 rings (SSSR count). The molecular formula is C24H23NO11S3. The summed E-state index contributed by atoms with van der Waals surface area (Å²) in [6, 6.07) is 6.98. The fourth-order valence-corrected chi connectivity index (χ4v) is 6.64. The van der Waals surface area contributed by atoms with Crippen molar-refractivity contribution in [3.05, 3.63) is 48.6 Å². The fourth-order valence-electron chi connectivity index (χ4n) is 4.42. The molecule has 0 bridgehead atoms. The normalized spacial score (nSPS) is 12.8. The molecule has 4 aromatic carbocycles. The maximum absolute atomic E-state index is 12.3. The Labute approximate surface area is 223 Å². The van der Waals surface area contributed by atoms with Gasteiger partial charge >= 0.3 is 5.97 Å². The molecule has 0 saturated heterocycles. The lowest BCUT2D eigenvalue weighted by molar-refractivity contribution is -0.139. The largest absolute Gasteiger partial charge is 0.462 e. The molecule has 12 nitrogen and oxygen atoms in total. The molecule has 0 aromatic heterocycles. The third-order valence-corrected chi connectivity index (χ3v) is 8.77. The SMILES string of the molecule is C=C(C)C(=O)OCCCCNc1cc(S(=O)(=O)O)c2ccc3c(S(=O)(=O)O)cc(S(=O)(=O)O)c4ccc1c2c43. The smallest absolute Gasteiger partial charge is 0.333 e. The van der Waals surface area contributed by atoms with Crippen molar-refractivity contribution in [3.8, 4) is 0 Å². The number of esters is 1. The molecule has 15 heteroatoms. The van der Waals surface area contributed by atoms with E-state index in [1.807, 2.05) is 0 Å². The van der Waals surface area contributed by atoms with Gasteiger partial charge in [-0.3, -0.25) is 13.7 Å². The minimum Gasteiger partial charge on any atom is -0.462 e. The molecular weight excluding hydrogens is 574 g/mol. The number of hydrogen-bond donors (Lipinski definition) is 4. The van der Waals surface area contributed by atoms with Gasteiger partial charge in [0.25, 0.3) is 30.4 Å². The zero-order valence-electron chi connectivity index (χ0n) is 20.3. The topological polar surface area (TPSA) is 201 Å². The zero-order chi connectivity index (χ0) is 28.9. The van der Waals surface area contributed by atoms with Crippen molar-refractivity contribution in [3.63, 3.8) is 0 Å². The highest BCUT2D eigenvalue weighted by Gasteiger charge is 2.27. The molecule has 0 spiro atoms. The Morgan fingerprint density at radius 3 is 1.67 bits per heavy atom. The molecule has 0 aliphatic heterocycles. The summed E-state index contributed by atoms with van der Waals surface area (Å²) in [7, 11) is -14.8. The zero-order valence-corrected chi connectivity index (χ0v) is 22.8. The van der Waals surface area contributed by atoms with Crippen LogP contribution in [0.5, 0.6) is 0 Å². The molecule has 4 aromatic rings. The Morgan fingerprint density at radius 2 is 1.21 bits per heavy atom. The van der Waals surface area contributed by atoms with Gasteiger partial charge in [0.15, 0.2) is 0 Å². The highest BCUT2D eigenvalue weighted by Crippen LogP contribution is 2.44. The van der Waals surface area contributed by atoms with Crippen molar-refractivity contribution >= 4 is 74.3 Å². The first-order valence-corrected chi connectivity index (χ1v) is 15.6. The monoisotopic (exact) mass is 597 g/mol. The second-order valence-electron chi connectivity index (χ2n) is 8.84. The van der Waals surface area contributed by atoms with Gasteiger partial charge in [0.2, 0.25) is 0 Å². The molecule has 0 amide bonds. The second kappa shape index (κ2) is 10.0. The lowest BCUT2D eigenvalue weighted by atomic mass is 9.93. The van der Waals surface area contributed by atoms with Crippen LogP contribution in [0.15, 0.2) is 63.2 Å². The summed E-state index contributed by atoms with van der Waals surface area (Å²) < 4.78 is 108. The van der Waals surface area contributed by atoms with Crippen molar-refractivity contribution in [1.82, 2.24) is 0 Å². The summed E-state index contributed by atoms with van der Waals surface area (Å²) >= 11 is 0. The second-order valence-corrected chi connectivity index (χ2v) is 13.0. The van der Waals surface area contributed by atoms with E-state index in [4.69, 9.17) is 4.74 Å². The van der Waals surface area contributed by atoms with E-state index in [2.05, 4.69) is 11.9 Å². The van der Waals surface area contributed by atoms with Gasteiger partial charge in [-0.15, -0.1) is 0 Å². The Morgan fingerprint density at radius 1 is 0.769 bits per heavy atom. The van der Waals surface area contributed by atoms with Gasteiger partial charge in [-0.05, 0) is 31.9 Å². The van der Waals surface area contributed by atoms with Crippen LogP contribution in [0.25, 0.3) is 32.3 Å². The quantitative estimate of drug-likeness (QED) is 0.0681. The first-order valence-electron chi connectivity index (χ1n) is 11.3. The Balaban J connectivity index is 1.93. The number of anilines is 1. The average molecular weight is 598 g/mol. The van der Waals surface area contributed by atoms with Crippen LogP contribution in [0, 0.1) is 0 Å². The van der Waals surface area contributed by atoms with E-state index in [9.17, 15) is 43.7 Å². The summed E-state index contributed by atoms with van der Waals surface area (Å²) in [5.74, 6) is -0.527.